The first-order chi connectivity index (χ1) is 4.09. The number of nitrogens with zero attached hydrogens (tertiary/aromatic N) is 1. The molecule has 0 aliphatic heterocycles. The molecule has 0 aromatic rings. The van der Waals surface area contributed by atoms with Crippen LogP contribution in [0.5, 0.6) is 0 Å². The fourth-order valence-corrected chi connectivity index (χ4v) is 0.706. The summed E-state index contributed by atoms with van der Waals surface area (Å²) in [5.74, 6) is 0.597. The van der Waals surface area contributed by atoms with Gasteiger partial charge in [-0.05, 0) is 33.5 Å². The third kappa shape index (κ3) is 2.82. The monoisotopic (exact) mass is 130 g/mol. The predicted octanol–water partition coefficient (Wildman–Crippen LogP) is 0.531. The molecule has 2 unspecified atom stereocenters. The molecule has 2 atom stereocenters. The van der Waals surface area contributed by atoms with Crippen molar-refractivity contribution in [1.29, 1.82) is 0 Å². The van der Waals surface area contributed by atoms with Gasteiger partial charge < -0.3 is 10.6 Å². The Balaban J connectivity index is 3.58. The molecule has 0 radical (unpaired) electrons. The molecule has 0 aliphatic carbocycles. The van der Waals surface area contributed by atoms with Crippen LogP contribution in [-0.4, -0.2) is 31.6 Å². The molecule has 0 aromatic heterocycles. The van der Waals surface area contributed by atoms with Gasteiger partial charge in [0.25, 0.3) is 0 Å². The van der Waals surface area contributed by atoms with Gasteiger partial charge >= 0.3 is 0 Å². The molecule has 2 nitrogen and oxygen atoms in total. The Morgan fingerprint density at radius 1 is 1.33 bits per heavy atom. The second-order valence-electron chi connectivity index (χ2n) is 2.92. The fourth-order valence-electron chi connectivity index (χ4n) is 0.706. The summed E-state index contributed by atoms with van der Waals surface area (Å²) in [5.41, 5.74) is 5.48. The Hall–Kier alpha value is -0.0800. The van der Waals surface area contributed by atoms with E-state index in [4.69, 9.17) is 5.73 Å². The van der Waals surface area contributed by atoms with Crippen molar-refractivity contribution in [2.45, 2.75) is 19.9 Å². The van der Waals surface area contributed by atoms with Crippen LogP contribution in [0.2, 0.25) is 0 Å². The molecule has 9 heavy (non-hydrogen) atoms. The van der Waals surface area contributed by atoms with Gasteiger partial charge in [0.2, 0.25) is 0 Å². The molecule has 0 fully saturated rings. The summed E-state index contributed by atoms with van der Waals surface area (Å²) in [7, 11) is 4.16. The van der Waals surface area contributed by atoms with Crippen molar-refractivity contribution in [3.05, 3.63) is 0 Å². The number of nitrogens with two attached hydrogens (primary N) is 1. The molecule has 0 heterocycles. The predicted molar refractivity (Wildman–Crippen MR) is 41.4 cm³/mol. The average molecular weight is 130 g/mol. The summed E-state index contributed by atoms with van der Waals surface area (Å²) >= 11 is 0. The Morgan fingerprint density at radius 2 is 1.78 bits per heavy atom. The minimum absolute atomic E-state index is 0.593. The van der Waals surface area contributed by atoms with Crippen molar-refractivity contribution >= 4 is 0 Å². The summed E-state index contributed by atoms with van der Waals surface area (Å²) in [5, 5.41) is 0. The summed E-state index contributed by atoms with van der Waals surface area (Å²) < 4.78 is 0. The number of rotatable bonds is 3. The highest BCUT2D eigenvalue weighted by atomic mass is 15.1. The van der Waals surface area contributed by atoms with E-state index in [0.717, 1.165) is 6.54 Å². The van der Waals surface area contributed by atoms with Gasteiger partial charge in [0.05, 0.1) is 0 Å². The first-order valence-corrected chi connectivity index (χ1v) is 3.46. The zero-order chi connectivity index (χ0) is 7.44. The maximum atomic E-state index is 5.48. The van der Waals surface area contributed by atoms with Crippen LogP contribution in [0.4, 0.5) is 0 Å². The van der Waals surface area contributed by atoms with Crippen molar-refractivity contribution < 1.29 is 0 Å². The van der Waals surface area contributed by atoms with E-state index >= 15 is 0 Å². The van der Waals surface area contributed by atoms with Crippen molar-refractivity contribution in [1.82, 2.24) is 4.90 Å². The van der Waals surface area contributed by atoms with E-state index in [1.807, 2.05) is 0 Å². The summed E-state index contributed by atoms with van der Waals surface area (Å²) in [6.07, 6.45) is 0. The zero-order valence-corrected chi connectivity index (χ0v) is 6.89. The van der Waals surface area contributed by atoms with Crippen LogP contribution in [0.3, 0.4) is 0 Å². The maximum absolute atomic E-state index is 5.48. The van der Waals surface area contributed by atoms with Gasteiger partial charge in [-0.3, -0.25) is 0 Å². The van der Waals surface area contributed by atoms with Gasteiger partial charge in [0.1, 0.15) is 0 Å². The molecule has 0 amide bonds. The average Bonchev–Trinajstić information content (AvgIpc) is 1.84. The third-order valence-corrected chi connectivity index (χ3v) is 2.01. The molecule has 56 valence electrons. The van der Waals surface area contributed by atoms with Crippen molar-refractivity contribution in [2.24, 2.45) is 11.7 Å². The normalized spacial score (nSPS) is 18.0. The van der Waals surface area contributed by atoms with Gasteiger partial charge in [-0.2, -0.15) is 0 Å². The summed E-state index contributed by atoms with van der Waals surface area (Å²) in [4.78, 5) is 2.19. The van der Waals surface area contributed by atoms with Gasteiger partial charge in [0, 0.05) is 6.04 Å². The van der Waals surface area contributed by atoms with Gasteiger partial charge in [-0.1, -0.05) is 6.92 Å². The Labute approximate surface area is 58.0 Å². The largest absolute Gasteiger partial charge is 0.330 e. The van der Waals surface area contributed by atoms with Gasteiger partial charge in [-0.25, -0.2) is 0 Å². The van der Waals surface area contributed by atoms with Crippen LogP contribution in [0.1, 0.15) is 13.8 Å². The quantitative estimate of drug-likeness (QED) is 0.604. The first kappa shape index (κ1) is 8.92. The molecule has 0 saturated heterocycles. The lowest BCUT2D eigenvalue weighted by Gasteiger charge is -2.24. The summed E-state index contributed by atoms with van der Waals surface area (Å²) in [6.45, 7) is 5.14. The van der Waals surface area contributed by atoms with Crippen molar-refractivity contribution in [2.75, 3.05) is 20.6 Å². The van der Waals surface area contributed by atoms with Gasteiger partial charge in [-0.15, -0.1) is 0 Å². The van der Waals surface area contributed by atoms with Crippen LogP contribution < -0.4 is 5.73 Å². The molecular weight excluding hydrogens is 112 g/mol. The molecule has 2 heteroatoms. The lowest BCUT2D eigenvalue weighted by atomic mass is 10.0. The Morgan fingerprint density at radius 3 is 1.89 bits per heavy atom. The van der Waals surface area contributed by atoms with E-state index in [2.05, 4.69) is 32.8 Å². The SMILES string of the molecule is CC(CN)C(C)N(C)C. The van der Waals surface area contributed by atoms with Crippen LogP contribution in [-0.2, 0) is 0 Å². The standard InChI is InChI=1S/C7H18N2/c1-6(5-8)7(2)9(3)4/h6-7H,5,8H2,1-4H3. The minimum atomic E-state index is 0.593. The highest BCUT2D eigenvalue weighted by Gasteiger charge is 2.10. The second-order valence-corrected chi connectivity index (χ2v) is 2.92. The summed E-state index contributed by atoms with van der Waals surface area (Å²) in [6, 6.07) is 0.593. The fraction of sp³-hybridized carbons (Fsp3) is 1.00. The lowest BCUT2D eigenvalue weighted by Crippen LogP contribution is -2.34. The molecule has 2 N–H and O–H groups in total. The third-order valence-electron chi connectivity index (χ3n) is 2.01. The van der Waals surface area contributed by atoms with E-state index in [-0.39, 0.29) is 0 Å². The number of hydrogen-bond acceptors (Lipinski definition) is 2. The smallest absolute Gasteiger partial charge is 0.00984 e. The zero-order valence-electron chi connectivity index (χ0n) is 6.89. The highest BCUT2D eigenvalue weighted by Crippen LogP contribution is 2.04. The van der Waals surface area contributed by atoms with Crippen LogP contribution in [0, 0.1) is 5.92 Å². The molecule has 0 aromatic carbocycles. The van der Waals surface area contributed by atoms with E-state index in [0.29, 0.717) is 12.0 Å². The van der Waals surface area contributed by atoms with E-state index < -0.39 is 0 Å². The molecule has 0 saturated carbocycles. The molecule has 0 rings (SSSR count). The first-order valence-electron chi connectivity index (χ1n) is 3.46. The molecule has 0 bridgehead atoms. The molecule has 0 aliphatic rings. The molecule has 0 spiro atoms. The van der Waals surface area contributed by atoms with Crippen LogP contribution in [0.15, 0.2) is 0 Å². The topological polar surface area (TPSA) is 29.3 Å². The van der Waals surface area contributed by atoms with E-state index in [1.54, 1.807) is 0 Å². The number of hydrogen-bond donors (Lipinski definition) is 1. The van der Waals surface area contributed by atoms with E-state index in [1.165, 1.54) is 0 Å². The van der Waals surface area contributed by atoms with Crippen LogP contribution in [0.25, 0.3) is 0 Å². The van der Waals surface area contributed by atoms with Crippen molar-refractivity contribution in [3.8, 4) is 0 Å². The Bertz CT molecular complexity index is 71.3. The van der Waals surface area contributed by atoms with Gasteiger partial charge in [0.15, 0.2) is 0 Å². The van der Waals surface area contributed by atoms with Crippen molar-refractivity contribution in [3.63, 3.8) is 0 Å². The highest BCUT2D eigenvalue weighted by molar-refractivity contribution is 4.67. The lowest BCUT2D eigenvalue weighted by molar-refractivity contribution is 0.243. The van der Waals surface area contributed by atoms with Crippen LogP contribution >= 0.6 is 0 Å². The molecular formula is C7H18N2. The second kappa shape index (κ2) is 3.85. The minimum Gasteiger partial charge on any atom is -0.330 e. The Kier molecular flexibility index (Phi) is 3.82. The van der Waals surface area contributed by atoms with E-state index in [9.17, 15) is 0 Å². The maximum Gasteiger partial charge on any atom is 0.00984 e.